The van der Waals surface area contributed by atoms with Crippen LogP contribution in [-0.4, -0.2) is 75.5 Å². The van der Waals surface area contributed by atoms with E-state index in [0.29, 0.717) is 57.5 Å². The molecule has 3 aromatic rings. The lowest BCUT2D eigenvalue weighted by atomic mass is 9.91. The van der Waals surface area contributed by atoms with Crippen molar-refractivity contribution in [2.45, 2.75) is 43.8 Å². The van der Waals surface area contributed by atoms with E-state index < -0.39 is 0 Å². The van der Waals surface area contributed by atoms with E-state index >= 15 is 0 Å². The van der Waals surface area contributed by atoms with Gasteiger partial charge in [-0.25, -0.2) is 4.98 Å². The third-order valence-corrected chi connectivity index (χ3v) is 8.53. The smallest absolute Gasteiger partial charge is 0.247 e. The van der Waals surface area contributed by atoms with Gasteiger partial charge in [-0.3, -0.25) is 4.90 Å². The minimum absolute atomic E-state index is 0.269. The lowest BCUT2D eigenvalue weighted by molar-refractivity contribution is -0.0732. The van der Waals surface area contributed by atoms with Gasteiger partial charge >= 0.3 is 0 Å². The Morgan fingerprint density at radius 3 is 2.68 bits per heavy atom. The summed E-state index contributed by atoms with van der Waals surface area (Å²) in [6.45, 7) is 4.59. The van der Waals surface area contributed by atoms with Crippen molar-refractivity contribution in [1.29, 1.82) is 10.5 Å². The maximum Gasteiger partial charge on any atom is 0.247 e. The third-order valence-electron chi connectivity index (χ3n) is 8.13. The second-order valence-electron chi connectivity index (χ2n) is 10.6. The van der Waals surface area contributed by atoms with Gasteiger partial charge in [-0.05, 0) is 50.3 Å². The highest BCUT2D eigenvalue weighted by Gasteiger charge is 2.43. The predicted octanol–water partition coefficient (Wildman–Crippen LogP) is 3.14. The molecular weight excluding hydrogens is 504 g/mol. The van der Waals surface area contributed by atoms with Crippen molar-refractivity contribution in [3.8, 4) is 12.1 Å². The molecule has 3 saturated heterocycles. The van der Waals surface area contributed by atoms with Gasteiger partial charge in [0.15, 0.2) is 17.2 Å². The number of halogens is 1. The topological polar surface area (TPSA) is 130 Å². The molecule has 12 heteroatoms. The number of nitrogens with zero attached hydrogens (tertiary/aromatic N) is 8. The van der Waals surface area contributed by atoms with Crippen molar-refractivity contribution in [2.75, 3.05) is 48.4 Å². The second kappa shape index (κ2) is 9.28. The molecule has 7 rings (SSSR count). The Morgan fingerprint density at radius 2 is 1.95 bits per heavy atom. The van der Waals surface area contributed by atoms with Gasteiger partial charge < -0.3 is 20.3 Å². The molecule has 194 valence electrons. The quantitative estimate of drug-likeness (QED) is 0.490. The first kappa shape index (κ1) is 23.5. The van der Waals surface area contributed by atoms with Crippen LogP contribution in [-0.2, 0) is 4.74 Å². The molecule has 3 aliphatic heterocycles. The minimum atomic E-state index is 0.269. The van der Waals surface area contributed by atoms with Crippen LogP contribution < -0.4 is 15.5 Å². The van der Waals surface area contributed by atoms with Gasteiger partial charge in [0.25, 0.3) is 0 Å². The van der Waals surface area contributed by atoms with Crippen molar-refractivity contribution in [3.05, 3.63) is 34.6 Å². The number of ether oxygens (including phenoxy) is 1. The third kappa shape index (κ3) is 4.08. The Kier molecular flexibility index (Phi) is 5.73. The molecular formula is C26H27ClN10O. The number of nitrogens with one attached hydrogen (secondary N) is 2. The van der Waals surface area contributed by atoms with Gasteiger partial charge in [-0.15, -0.1) is 5.10 Å². The molecule has 1 aliphatic carbocycles. The van der Waals surface area contributed by atoms with E-state index in [9.17, 15) is 10.5 Å². The monoisotopic (exact) mass is 530 g/mol. The number of benzene rings is 1. The summed E-state index contributed by atoms with van der Waals surface area (Å²) in [5.41, 5.74) is 2.71. The zero-order valence-electron chi connectivity index (χ0n) is 20.8. The van der Waals surface area contributed by atoms with Gasteiger partial charge in [-0.2, -0.15) is 20.0 Å². The Bertz CT molecular complexity index is 1480. The molecule has 0 spiro atoms. The summed E-state index contributed by atoms with van der Waals surface area (Å²) in [7, 11) is 0. The number of fused-ring (bicyclic) bond motifs is 2. The zero-order chi connectivity index (χ0) is 25.8. The molecule has 0 radical (unpaired) electrons. The van der Waals surface area contributed by atoms with E-state index in [1.807, 2.05) is 6.07 Å². The Hall–Kier alpha value is -3.64. The number of hydrogen-bond donors (Lipinski definition) is 2. The summed E-state index contributed by atoms with van der Waals surface area (Å²) in [6, 6.07) is 9.46. The largest absolute Gasteiger partial charge is 0.378 e. The number of piperidine rings is 1. The fraction of sp³-hybridized carbons (Fsp3) is 0.500. The van der Waals surface area contributed by atoms with Crippen molar-refractivity contribution in [2.24, 2.45) is 5.92 Å². The molecule has 2 atom stereocenters. The number of anilines is 4. The van der Waals surface area contributed by atoms with Crippen LogP contribution in [0.5, 0.6) is 0 Å². The van der Waals surface area contributed by atoms with Gasteiger partial charge in [0.05, 0.1) is 53.5 Å². The lowest BCUT2D eigenvalue weighted by Gasteiger charge is -2.44. The summed E-state index contributed by atoms with van der Waals surface area (Å²) in [4.78, 5) is 13.9. The van der Waals surface area contributed by atoms with Crippen molar-refractivity contribution >= 4 is 40.4 Å². The van der Waals surface area contributed by atoms with Gasteiger partial charge in [0.1, 0.15) is 6.07 Å². The summed E-state index contributed by atoms with van der Waals surface area (Å²) in [6.07, 6.45) is 5.83. The van der Waals surface area contributed by atoms with Crippen LogP contribution in [0.15, 0.2) is 18.3 Å². The van der Waals surface area contributed by atoms with Gasteiger partial charge in [-0.1, -0.05) is 11.6 Å². The molecule has 0 bridgehead atoms. The number of hydrogen-bond acceptors (Lipinski definition) is 10. The van der Waals surface area contributed by atoms with Crippen LogP contribution in [0.2, 0.25) is 5.02 Å². The van der Waals surface area contributed by atoms with E-state index in [0.717, 1.165) is 64.2 Å². The summed E-state index contributed by atoms with van der Waals surface area (Å²) >= 11 is 6.98. The molecule has 4 aliphatic rings. The highest BCUT2D eigenvalue weighted by atomic mass is 35.5. The zero-order valence-corrected chi connectivity index (χ0v) is 21.5. The van der Waals surface area contributed by atoms with E-state index in [1.54, 1.807) is 6.07 Å². The van der Waals surface area contributed by atoms with Crippen molar-refractivity contribution < 1.29 is 4.74 Å². The number of aromatic nitrogens is 4. The van der Waals surface area contributed by atoms with Crippen LogP contribution in [0, 0.1) is 28.6 Å². The first-order valence-electron chi connectivity index (χ1n) is 13.1. The average molecular weight is 531 g/mol. The fourth-order valence-electron chi connectivity index (χ4n) is 5.95. The molecule has 38 heavy (non-hydrogen) atoms. The normalized spacial score (nSPS) is 23.5. The van der Waals surface area contributed by atoms with Gasteiger partial charge in [0, 0.05) is 25.2 Å². The van der Waals surface area contributed by atoms with E-state index in [4.69, 9.17) is 16.3 Å². The molecule has 11 nitrogen and oxygen atoms in total. The van der Waals surface area contributed by atoms with Crippen LogP contribution >= 0.6 is 11.6 Å². The lowest BCUT2D eigenvalue weighted by Crippen LogP contribution is -2.54. The first-order valence-corrected chi connectivity index (χ1v) is 13.5. The van der Waals surface area contributed by atoms with Crippen LogP contribution in [0.1, 0.15) is 36.9 Å². The standard InChI is InChI=1S/C26H27ClN10O/c27-23-20(32-26-33-24(31-17-1-2-17)25-30-11-18(10-29)37(25)34-26)7-15(9-28)8-22(23)35-5-4-21-16(12-35)3-6-36(21)19-13-38-14-19/h7-8,11,16-17,19,21H,1-6,12-14H2,(H2,31,32,33,34). The van der Waals surface area contributed by atoms with E-state index in [-0.39, 0.29) is 5.95 Å². The second-order valence-corrected chi connectivity index (χ2v) is 10.9. The molecule has 5 heterocycles. The van der Waals surface area contributed by atoms with Gasteiger partial charge in [0.2, 0.25) is 5.95 Å². The van der Waals surface area contributed by atoms with E-state index in [1.165, 1.54) is 10.7 Å². The predicted molar refractivity (Wildman–Crippen MR) is 142 cm³/mol. The van der Waals surface area contributed by atoms with Crippen LogP contribution in [0.3, 0.4) is 0 Å². The molecule has 0 amide bonds. The Labute approximate surface area is 225 Å². The van der Waals surface area contributed by atoms with E-state index in [2.05, 4.69) is 47.6 Å². The summed E-state index contributed by atoms with van der Waals surface area (Å²) < 4.78 is 6.92. The highest BCUT2D eigenvalue weighted by Crippen LogP contribution is 2.41. The van der Waals surface area contributed by atoms with Crippen molar-refractivity contribution in [1.82, 2.24) is 24.5 Å². The van der Waals surface area contributed by atoms with Crippen LogP contribution in [0.4, 0.5) is 23.1 Å². The molecule has 2 N–H and O–H groups in total. The Morgan fingerprint density at radius 1 is 1.08 bits per heavy atom. The number of imidazole rings is 1. The fourth-order valence-corrected chi connectivity index (χ4v) is 6.23. The highest BCUT2D eigenvalue weighted by molar-refractivity contribution is 6.36. The summed E-state index contributed by atoms with van der Waals surface area (Å²) in [5, 5.41) is 31.0. The molecule has 1 saturated carbocycles. The molecule has 4 fully saturated rings. The number of likely N-dealkylation sites (tertiary alicyclic amines) is 1. The average Bonchev–Trinajstić information content (AvgIpc) is 3.47. The molecule has 2 aromatic heterocycles. The Balaban J connectivity index is 1.19. The number of rotatable bonds is 6. The SMILES string of the molecule is N#Cc1cc(Nc2nc(NC3CC3)c3ncc(C#N)n3n2)c(Cl)c(N2CCC3C(CCN3C3COC3)C2)c1. The maximum atomic E-state index is 9.81. The molecule has 2 unspecified atom stereocenters. The van der Waals surface area contributed by atoms with Crippen LogP contribution in [0.25, 0.3) is 5.65 Å². The number of nitriles is 2. The molecule has 1 aromatic carbocycles. The summed E-state index contributed by atoms with van der Waals surface area (Å²) in [5.74, 6) is 1.39. The first-order chi connectivity index (χ1) is 18.6. The maximum absolute atomic E-state index is 9.81. The minimum Gasteiger partial charge on any atom is -0.378 e. The van der Waals surface area contributed by atoms with Crippen molar-refractivity contribution in [3.63, 3.8) is 0 Å².